The first-order valence-electron chi connectivity index (χ1n) is 14.3. The summed E-state index contributed by atoms with van der Waals surface area (Å²) in [4.78, 5) is 43.9. The Morgan fingerprint density at radius 1 is 1.07 bits per heavy atom. The van der Waals surface area contributed by atoms with Gasteiger partial charge in [0.15, 0.2) is 0 Å². The maximum Gasteiger partial charge on any atom is 0.356 e. The van der Waals surface area contributed by atoms with Crippen LogP contribution in [0.1, 0.15) is 59.9 Å². The van der Waals surface area contributed by atoms with Crippen molar-refractivity contribution >= 4 is 29.2 Å². The third-order valence-electron chi connectivity index (χ3n) is 8.22. The van der Waals surface area contributed by atoms with Gasteiger partial charge >= 0.3 is 5.97 Å². The van der Waals surface area contributed by atoms with Crippen LogP contribution in [-0.4, -0.2) is 79.5 Å². The topological polar surface area (TPSA) is 139 Å². The van der Waals surface area contributed by atoms with Crippen LogP contribution < -0.4 is 24.6 Å². The zero-order valence-corrected chi connectivity index (χ0v) is 25.2. The lowest BCUT2D eigenvalue weighted by atomic mass is 9.86. The van der Waals surface area contributed by atoms with Crippen molar-refractivity contribution in [1.82, 2.24) is 15.0 Å². The molecule has 4 heterocycles. The molecule has 0 atom stereocenters. The molecule has 0 spiro atoms. The van der Waals surface area contributed by atoms with Crippen LogP contribution in [0.2, 0.25) is 0 Å². The van der Waals surface area contributed by atoms with Gasteiger partial charge in [0.1, 0.15) is 35.2 Å². The number of amides is 1. The Labute approximate surface area is 251 Å². The Morgan fingerprint density at radius 3 is 2.49 bits per heavy atom. The monoisotopic (exact) mass is 590 g/mol. The average molecular weight is 591 g/mol. The van der Waals surface area contributed by atoms with Crippen molar-refractivity contribution in [3.63, 3.8) is 0 Å². The van der Waals surface area contributed by atoms with Gasteiger partial charge in [-0.25, -0.2) is 19.7 Å². The van der Waals surface area contributed by atoms with Crippen LogP contribution >= 0.6 is 0 Å². The molecule has 0 radical (unpaired) electrons. The minimum absolute atomic E-state index is 0.0216. The number of ether oxygens (including phenoxy) is 3. The number of carbonyl (C=O) groups is 2. The number of rotatable bonds is 10. The Bertz CT molecular complexity index is 1500. The molecule has 0 aliphatic carbocycles. The molecule has 3 aromatic rings. The van der Waals surface area contributed by atoms with E-state index in [0.29, 0.717) is 43.5 Å². The van der Waals surface area contributed by atoms with Crippen LogP contribution in [0, 0.1) is 0 Å². The SMILES string of the molecule is COC(=O)c1ccc(NCCO)c(C2CCN(c3ncnc4c3C(C)(C)C(=O)N4Cc3ccc(OC)cc3OC)CC2)n1. The summed E-state index contributed by atoms with van der Waals surface area (Å²) in [6, 6.07) is 8.99. The molecule has 2 aromatic heterocycles. The summed E-state index contributed by atoms with van der Waals surface area (Å²) in [5.74, 6) is 2.18. The van der Waals surface area contributed by atoms with Gasteiger partial charge in [0.05, 0.1) is 56.8 Å². The van der Waals surface area contributed by atoms with E-state index < -0.39 is 11.4 Å². The molecule has 228 valence electrons. The molecular weight excluding hydrogens is 552 g/mol. The van der Waals surface area contributed by atoms with E-state index in [1.807, 2.05) is 32.0 Å². The van der Waals surface area contributed by atoms with Crippen LogP contribution in [0.5, 0.6) is 11.5 Å². The molecule has 2 aliphatic rings. The standard InChI is InChI=1S/C31H38N6O6/c1-31(2)25-27(33-18-34-28(25)37(30(31)40)17-20-6-7-21(41-3)16-24(20)42-4)36-13-10-19(11-14-36)26-22(32-12-15-38)8-9-23(35-26)29(39)43-5/h6-9,16,18-19,32,38H,10-15,17H2,1-5H3. The predicted octanol–water partition coefficient (Wildman–Crippen LogP) is 3.29. The summed E-state index contributed by atoms with van der Waals surface area (Å²) >= 11 is 0. The number of methoxy groups -OCH3 is 3. The zero-order valence-electron chi connectivity index (χ0n) is 25.2. The van der Waals surface area contributed by atoms with Gasteiger partial charge in [0, 0.05) is 37.2 Å². The van der Waals surface area contributed by atoms with E-state index >= 15 is 0 Å². The van der Waals surface area contributed by atoms with E-state index in [-0.39, 0.29) is 24.1 Å². The van der Waals surface area contributed by atoms with Gasteiger partial charge in [-0.3, -0.25) is 9.69 Å². The van der Waals surface area contributed by atoms with Crippen LogP contribution in [0.15, 0.2) is 36.7 Å². The molecule has 12 heteroatoms. The van der Waals surface area contributed by atoms with Gasteiger partial charge in [-0.15, -0.1) is 0 Å². The summed E-state index contributed by atoms with van der Waals surface area (Å²) in [5.41, 5.74) is 2.63. The fourth-order valence-corrected chi connectivity index (χ4v) is 5.92. The molecular formula is C31H38N6O6. The first-order chi connectivity index (χ1) is 20.7. The highest BCUT2D eigenvalue weighted by Gasteiger charge is 2.48. The van der Waals surface area contributed by atoms with Crippen molar-refractivity contribution in [1.29, 1.82) is 0 Å². The number of pyridine rings is 1. The summed E-state index contributed by atoms with van der Waals surface area (Å²) in [6.45, 7) is 5.84. The number of aromatic nitrogens is 3. The maximum atomic E-state index is 13.8. The van der Waals surface area contributed by atoms with Crippen molar-refractivity contribution in [2.75, 3.05) is 62.7 Å². The minimum atomic E-state index is -0.833. The molecule has 1 aromatic carbocycles. The van der Waals surface area contributed by atoms with Crippen LogP contribution in [-0.2, 0) is 21.5 Å². The molecule has 5 rings (SSSR count). The number of piperidine rings is 1. The number of nitrogens with one attached hydrogen (secondary N) is 1. The lowest BCUT2D eigenvalue weighted by Crippen LogP contribution is -2.38. The van der Waals surface area contributed by atoms with E-state index in [4.69, 9.17) is 14.2 Å². The number of nitrogens with zero attached hydrogens (tertiary/aromatic N) is 5. The quantitative estimate of drug-likeness (QED) is 0.336. The van der Waals surface area contributed by atoms with Crippen LogP contribution in [0.25, 0.3) is 0 Å². The summed E-state index contributed by atoms with van der Waals surface area (Å²) < 4.78 is 15.8. The molecule has 1 fully saturated rings. The van der Waals surface area contributed by atoms with Crippen LogP contribution in [0.4, 0.5) is 17.3 Å². The number of fused-ring (bicyclic) bond motifs is 1. The predicted molar refractivity (Wildman–Crippen MR) is 161 cm³/mol. The Hall–Kier alpha value is -4.45. The number of aliphatic hydroxyl groups excluding tert-OH is 1. The lowest BCUT2D eigenvalue weighted by Gasteiger charge is -2.35. The average Bonchev–Trinajstić information content (AvgIpc) is 3.23. The highest BCUT2D eigenvalue weighted by atomic mass is 16.5. The minimum Gasteiger partial charge on any atom is -0.497 e. The first-order valence-corrected chi connectivity index (χ1v) is 14.3. The number of aliphatic hydroxyl groups is 1. The van der Waals surface area contributed by atoms with Gasteiger partial charge in [0.25, 0.3) is 0 Å². The molecule has 1 saturated heterocycles. The number of hydrogen-bond donors (Lipinski definition) is 2. The largest absolute Gasteiger partial charge is 0.497 e. The highest BCUT2D eigenvalue weighted by Crippen LogP contribution is 2.46. The lowest BCUT2D eigenvalue weighted by molar-refractivity contribution is -0.122. The van der Waals surface area contributed by atoms with Gasteiger partial charge in [-0.05, 0) is 51.0 Å². The smallest absolute Gasteiger partial charge is 0.356 e. The second-order valence-electron chi connectivity index (χ2n) is 11.1. The second-order valence-corrected chi connectivity index (χ2v) is 11.1. The van der Waals surface area contributed by atoms with Gasteiger partial charge in [-0.2, -0.15) is 0 Å². The molecule has 2 aliphatic heterocycles. The summed E-state index contributed by atoms with van der Waals surface area (Å²) in [7, 11) is 4.53. The van der Waals surface area contributed by atoms with Crippen molar-refractivity contribution in [2.45, 2.75) is 44.6 Å². The Kier molecular flexibility index (Phi) is 8.67. The Balaban J connectivity index is 1.41. The number of benzene rings is 1. The number of carbonyl (C=O) groups excluding carboxylic acids is 2. The van der Waals surface area contributed by atoms with E-state index in [0.717, 1.165) is 41.2 Å². The van der Waals surface area contributed by atoms with Crippen molar-refractivity contribution in [2.24, 2.45) is 0 Å². The van der Waals surface area contributed by atoms with Gasteiger partial charge < -0.3 is 29.5 Å². The van der Waals surface area contributed by atoms with Gasteiger partial charge in [-0.1, -0.05) is 0 Å². The van der Waals surface area contributed by atoms with E-state index in [2.05, 4.69) is 25.2 Å². The first kappa shape index (κ1) is 30.0. The molecule has 1 amide bonds. The molecule has 43 heavy (non-hydrogen) atoms. The van der Waals surface area contributed by atoms with Crippen molar-refractivity contribution in [3.8, 4) is 11.5 Å². The number of anilines is 3. The van der Waals surface area contributed by atoms with E-state index in [1.165, 1.54) is 13.4 Å². The van der Waals surface area contributed by atoms with Crippen molar-refractivity contribution < 1.29 is 28.9 Å². The van der Waals surface area contributed by atoms with Crippen molar-refractivity contribution in [3.05, 3.63) is 59.2 Å². The van der Waals surface area contributed by atoms with Gasteiger partial charge in [0.2, 0.25) is 5.91 Å². The molecule has 0 unspecified atom stereocenters. The zero-order chi connectivity index (χ0) is 30.7. The number of hydrogen-bond acceptors (Lipinski definition) is 11. The van der Waals surface area contributed by atoms with E-state index in [9.17, 15) is 14.7 Å². The Morgan fingerprint density at radius 2 is 1.81 bits per heavy atom. The van der Waals surface area contributed by atoms with Crippen LogP contribution in [0.3, 0.4) is 0 Å². The molecule has 12 nitrogen and oxygen atoms in total. The highest BCUT2D eigenvalue weighted by molar-refractivity contribution is 6.08. The molecule has 0 bridgehead atoms. The summed E-state index contributed by atoms with van der Waals surface area (Å²) in [5, 5.41) is 12.6. The fraction of sp³-hybridized carbons (Fsp3) is 0.452. The summed E-state index contributed by atoms with van der Waals surface area (Å²) in [6.07, 6.45) is 3.03. The molecule has 2 N–H and O–H groups in total. The third kappa shape index (κ3) is 5.66. The maximum absolute atomic E-state index is 13.8. The molecule has 0 saturated carbocycles. The van der Waals surface area contributed by atoms with E-state index in [1.54, 1.807) is 31.3 Å². The second kappa shape index (κ2) is 12.4. The third-order valence-corrected chi connectivity index (χ3v) is 8.22. The normalized spacial score (nSPS) is 16.2. The number of esters is 1. The fourth-order valence-electron chi connectivity index (χ4n) is 5.92.